The highest BCUT2D eigenvalue weighted by atomic mass is 79.9. The second kappa shape index (κ2) is 6.26. The molecule has 1 rings (SSSR count). The molecule has 1 atom stereocenters. The third-order valence-corrected chi connectivity index (χ3v) is 3.34. The van der Waals surface area contributed by atoms with Gasteiger partial charge in [0.2, 0.25) is 0 Å². The van der Waals surface area contributed by atoms with Crippen molar-refractivity contribution in [3.8, 4) is 0 Å². The number of hydrogen-bond donors (Lipinski definition) is 2. The first-order valence-corrected chi connectivity index (χ1v) is 6.60. The normalized spacial score (nSPS) is 12.4. The van der Waals surface area contributed by atoms with E-state index >= 15 is 0 Å². The van der Waals surface area contributed by atoms with E-state index in [0.29, 0.717) is 16.6 Å². The lowest BCUT2D eigenvalue weighted by molar-refractivity contribution is 0.246. The van der Waals surface area contributed by atoms with E-state index in [0.717, 1.165) is 4.47 Å². The fourth-order valence-electron chi connectivity index (χ4n) is 1.12. The molecule has 94 valence electrons. The summed E-state index contributed by atoms with van der Waals surface area (Å²) in [7, 11) is 0. The van der Waals surface area contributed by atoms with Gasteiger partial charge in [0.25, 0.3) is 0 Å². The largest absolute Gasteiger partial charge is 0.335 e. The quantitative estimate of drug-likeness (QED) is 0.858. The molecule has 1 aromatic rings. The summed E-state index contributed by atoms with van der Waals surface area (Å²) in [5, 5.41) is 6.08. The van der Waals surface area contributed by atoms with Crippen LogP contribution in [0.5, 0.6) is 0 Å². The summed E-state index contributed by atoms with van der Waals surface area (Å²) in [5.74, 6) is 0.390. The van der Waals surface area contributed by atoms with Gasteiger partial charge >= 0.3 is 6.03 Å². The highest BCUT2D eigenvalue weighted by Gasteiger charge is 2.11. The molecule has 1 aromatic carbocycles. The van der Waals surface area contributed by atoms with Crippen molar-refractivity contribution in [1.82, 2.24) is 5.32 Å². The molecule has 2 N–H and O–H groups in total. The Hall–Kier alpha value is -0.740. The number of halogens is 2. The summed E-state index contributed by atoms with van der Waals surface area (Å²) in [5.41, 5.74) is 0.600. The molecular weight excluding hydrogens is 304 g/mol. The molecule has 0 aromatic heterocycles. The summed E-state index contributed by atoms with van der Waals surface area (Å²) < 4.78 is 0.879. The molecular formula is C12H16BrClN2O. The van der Waals surface area contributed by atoms with Crippen LogP contribution < -0.4 is 10.6 Å². The Labute approximate surface area is 115 Å². The smallest absolute Gasteiger partial charge is 0.319 e. The predicted molar refractivity (Wildman–Crippen MR) is 75.6 cm³/mol. The Bertz CT molecular complexity index is 409. The van der Waals surface area contributed by atoms with Gasteiger partial charge in [0.15, 0.2) is 0 Å². The maximum Gasteiger partial charge on any atom is 0.319 e. The van der Waals surface area contributed by atoms with Crippen LogP contribution in [0, 0.1) is 5.92 Å². The molecule has 0 saturated carbocycles. The zero-order valence-corrected chi connectivity index (χ0v) is 12.4. The number of nitrogens with one attached hydrogen (secondary N) is 2. The minimum atomic E-state index is -0.240. The number of urea groups is 1. The van der Waals surface area contributed by atoms with Crippen molar-refractivity contribution in [3.63, 3.8) is 0 Å². The van der Waals surface area contributed by atoms with E-state index in [4.69, 9.17) is 11.6 Å². The lowest BCUT2D eigenvalue weighted by atomic mass is 10.1. The molecule has 0 unspecified atom stereocenters. The molecule has 0 fully saturated rings. The zero-order valence-electron chi connectivity index (χ0n) is 10.1. The van der Waals surface area contributed by atoms with Gasteiger partial charge in [-0.2, -0.15) is 0 Å². The van der Waals surface area contributed by atoms with Crippen LogP contribution in [0.2, 0.25) is 5.02 Å². The highest BCUT2D eigenvalue weighted by molar-refractivity contribution is 9.10. The Morgan fingerprint density at radius 3 is 2.53 bits per heavy atom. The number of benzene rings is 1. The van der Waals surface area contributed by atoms with Gasteiger partial charge in [-0.1, -0.05) is 41.4 Å². The first kappa shape index (κ1) is 14.3. The molecule has 2 amide bonds. The van der Waals surface area contributed by atoms with Crippen LogP contribution in [0.3, 0.4) is 0 Å². The first-order chi connectivity index (χ1) is 7.90. The van der Waals surface area contributed by atoms with Gasteiger partial charge in [-0.3, -0.25) is 0 Å². The number of hydrogen-bond acceptors (Lipinski definition) is 1. The van der Waals surface area contributed by atoms with Crippen molar-refractivity contribution < 1.29 is 4.79 Å². The van der Waals surface area contributed by atoms with Gasteiger partial charge in [0, 0.05) is 10.5 Å². The summed E-state index contributed by atoms with van der Waals surface area (Å²) in [6.45, 7) is 6.07. The van der Waals surface area contributed by atoms with Gasteiger partial charge < -0.3 is 10.6 Å². The fourth-order valence-corrected chi connectivity index (χ4v) is 1.84. The molecule has 0 heterocycles. The zero-order chi connectivity index (χ0) is 13.0. The fraction of sp³-hybridized carbons (Fsp3) is 0.417. The van der Waals surface area contributed by atoms with Crippen LogP contribution in [0.25, 0.3) is 0 Å². The number of carbonyl (C=O) groups excluding carboxylic acids is 1. The maximum atomic E-state index is 11.7. The van der Waals surface area contributed by atoms with Crippen molar-refractivity contribution in [2.45, 2.75) is 26.8 Å². The van der Waals surface area contributed by atoms with Gasteiger partial charge in [0.1, 0.15) is 0 Å². The number of amides is 2. The molecule has 5 heteroatoms. The summed E-state index contributed by atoms with van der Waals surface area (Å²) in [6.07, 6.45) is 0. The Morgan fingerprint density at radius 1 is 1.35 bits per heavy atom. The molecule has 0 radical (unpaired) electrons. The van der Waals surface area contributed by atoms with Crippen molar-refractivity contribution in [2.24, 2.45) is 5.92 Å². The molecule has 3 nitrogen and oxygen atoms in total. The maximum absolute atomic E-state index is 11.7. The van der Waals surface area contributed by atoms with E-state index in [2.05, 4.69) is 40.4 Å². The minimum absolute atomic E-state index is 0.115. The van der Waals surface area contributed by atoms with Crippen LogP contribution >= 0.6 is 27.5 Å². The second-order valence-corrected chi connectivity index (χ2v) is 5.58. The van der Waals surface area contributed by atoms with E-state index < -0.39 is 0 Å². The van der Waals surface area contributed by atoms with Crippen molar-refractivity contribution in [2.75, 3.05) is 5.32 Å². The van der Waals surface area contributed by atoms with Crippen LogP contribution in [0.15, 0.2) is 22.7 Å². The third kappa shape index (κ3) is 4.56. The van der Waals surface area contributed by atoms with Gasteiger partial charge in [-0.15, -0.1) is 0 Å². The molecule has 0 saturated heterocycles. The lowest BCUT2D eigenvalue weighted by Gasteiger charge is -2.18. The standard InChI is InChI=1S/C12H16BrClN2O/c1-7(2)8(3)15-12(17)16-11-5-4-9(13)6-10(11)14/h4-8H,1-3H3,(H2,15,16,17)/t8-/m0/s1. The monoisotopic (exact) mass is 318 g/mol. The molecule has 0 aliphatic carbocycles. The Balaban J connectivity index is 2.62. The molecule has 0 bridgehead atoms. The van der Waals surface area contributed by atoms with Gasteiger partial charge in [-0.25, -0.2) is 4.79 Å². The number of rotatable bonds is 3. The molecule has 0 aliphatic heterocycles. The van der Waals surface area contributed by atoms with Crippen molar-refractivity contribution in [1.29, 1.82) is 0 Å². The van der Waals surface area contributed by atoms with Gasteiger partial charge in [0.05, 0.1) is 10.7 Å². The summed E-state index contributed by atoms with van der Waals surface area (Å²) >= 11 is 9.31. The van der Waals surface area contributed by atoms with E-state index in [1.54, 1.807) is 12.1 Å². The average molecular weight is 320 g/mol. The lowest BCUT2D eigenvalue weighted by Crippen LogP contribution is -2.39. The third-order valence-electron chi connectivity index (χ3n) is 2.54. The van der Waals surface area contributed by atoms with Crippen LogP contribution in [-0.2, 0) is 0 Å². The SMILES string of the molecule is CC(C)[C@H](C)NC(=O)Nc1ccc(Br)cc1Cl. The average Bonchev–Trinajstić information content (AvgIpc) is 2.22. The Morgan fingerprint density at radius 2 is 2.00 bits per heavy atom. The predicted octanol–water partition coefficient (Wildman–Crippen LogP) is 4.27. The summed E-state index contributed by atoms with van der Waals surface area (Å²) in [4.78, 5) is 11.7. The number of anilines is 1. The summed E-state index contributed by atoms with van der Waals surface area (Å²) in [6, 6.07) is 5.20. The van der Waals surface area contributed by atoms with Crippen LogP contribution in [0.4, 0.5) is 10.5 Å². The first-order valence-electron chi connectivity index (χ1n) is 5.42. The molecule has 0 aliphatic rings. The Kier molecular flexibility index (Phi) is 5.28. The van der Waals surface area contributed by atoms with Crippen LogP contribution in [0.1, 0.15) is 20.8 Å². The van der Waals surface area contributed by atoms with Crippen LogP contribution in [-0.4, -0.2) is 12.1 Å². The van der Waals surface area contributed by atoms with E-state index in [1.165, 1.54) is 0 Å². The van der Waals surface area contributed by atoms with E-state index in [9.17, 15) is 4.79 Å². The number of carbonyl (C=O) groups is 1. The molecule has 0 spiro atoms. The van der Waals surface area contributed by atoms with Crippen molar-refractivity contribution in [3.05, 3.63) is 27.7 Å². The van der Waals surface area contributed by atoms with E-state index in [-0.39, 0.29) is 12.1 Å². The van der Waals surface area contributed by atoms with Gasteiger partial charge in [-0.05, 0) is 31.0 Å². The van der Waals surface area contributed by atoms with E-state index in [1.807, 2.05) is 13.0 Å². The van der Waals surface area contributed by atoms with Crippen molar-refractivity contribution >= 4 is 39.2 Å². The minimum Gasteiger partial charge on any atom is -0.335 e. The topological polar surface area (TPSA) is 41.1 Å². The second-order valence-electron chi connectivity index (χ2n) is 4.26. The molecule has 17 heavy (non-hydrogen) atoms. The highest BCUT2D eigenvalue weighted by Crippen LogP contribution is 2.25.